The van der Waals surface area contributed by atoms with Crippen LogP contribution in [0, 0.1) is 0 Å². The Labute approximate surface area is 163 Å². The lowest BCUT2D eigenvalue weighted by molar-refractivity contribution is 0.101. The first-order valence-corrected chi connectivity index (χ1v) is 9.56. The van der Waals surface area contributed by atoms with Crippen molar-refractivity contribution in [3.05, 3.63) is 88.0 Å². The van der Waals surface area contributed by atoms with Gasteiger partial charge in [-0.05, 0) is 70.6 Å². The van der Waals surface area contributed by atoms with Gasteiger partial charge in [0.15, 0.2) is 5.78 Å². The first kappa shape index (κ1) is 20.7. The minimum Gasteiger partial charge on any atom is -0.507 e. The van der Waals surface area contributed by atoms with Crippen molar-refractivity contribution in [2.75, 3.05) is 0 Å². The van der Waals surface area contributed by atoms with Crippen molar-refractivity contribution in [1.82, 2.24) is 0 Å². The molecule has 0 atom stereocenters. The topological polar surface area (TPSA) is 37.3 Å². The van der Waals surface area contributed by atoms with Gasteiger partial charge < -0.3 is 5.11 Å². The summed E-state index contributed by atoms with van der Waals surface area (Å²) in [6, 6.07) is 13.9. The van der Waals surface area contributed by atoms with Gasteiger partial charge in [-0.15, -0.1) is 0 Å². The fourth-order valence-electron chi connectivity index (χ4n) is 3.14. The molecule has 0 radical (unpaired) electrons. The van der Waals surface area contributed by atoms with Crippen LogP contribution in [0.25, 0.3) is 0 Å². The van der Waals surface area contributed by atoms with E-state index in [1.165, 1.54) is 23.6 Å². The smallest absolute Gasteiger partial charge is 0.163 e. The summed E-state index contributed by atoms with van der Waals surface area (Å²) in [5, 5.41) is 10.7. The number of ketones is 1. The summed E-state index contributed by atoms with van der Waals surface area (Å²) in [5.74, 6) is 0.0218. The second-order valence-corrected chi connectivity index (χ2v) is 7.39. The predicted molar refractivity (Wildman–Crippen MR) is 113 cm³/mol. The molecule has 0 aromatic heterocycles. The van der Waals surface area contributed by atoms with Crippen LogP contribution in [0.1, 0.15) is 67.6 Å². The molecule has 0 aliphatic heterocycles. The van der Waals surface area contributed by atoms with Crippen molar-refractivity contribution in [3.8, 4) is 5.75 Å². The average Bonchev–Trinajstić information content (AvgIpc) is 2.61. The van der Waals surface area contributed by atoms with Crippen LogP contribution in [0.15, 0.2) is 65.8 Å². The molecular weight excluding hydrogens is 332 g/mol. The molecule has 27 heavy (non-hydrogen) atoms. The van der Waals surface area contributed by atoms with Gasteiger partial charge in [0.2, 0.25) is 0 Å². The molecule has 0 bridgehead atoms. The first-order chi connectivity index (χ1) is 12.9. The highest BCUT2D eigenvalue weighted by atomic mass is 16.3. The fraction of sp³-hybridized carbons (Fsp3) is 0.320. The zero-order valence-electron chi connectivity index (χ0n) is 16.9. The highest BCUT2D eigenvalue weighted by Gasteiger charge is 2.15. The van der Waals surface area contributed by atoms with Crippen LogP contribution in [0.2, 0.25) is 0 Å². The van der Waals surface area contributed by atoms with Crippen molar-refractivity contribution >= 4 is 5.78 Å². The molecule has 0 spiro atoms. The number of hydrogen-bond donors (Lipinski definition) is 1. The summed E-state index contributed by atoms with van der Waals surface area (Å²) >= 11 is 0. The summed E-state index contributed by atoms with van der Waals surface area (Å²) in [4.78, 5) is 11.8. The largest absolute Gasteiger partial charge is 0.507 e. The van der Waals surface area contributed by atoms with E-state index in [1.807, 2.05) is 24.3 Å². The van der Waals surface area contributed by atoms with Crippen LogP contribution in [-0.4, -0.2) is 10.9 Å². The van der Waals surface area contributed by atoms with Gasteiger partial charge in [-0.1, -0.05) is 59.7 Å². The lowest BCUT2D eigenvalue weighted by Gasteiger charge is -2.14. The van der Waals surface area contributed by atoms with Crippen molar-refractivity contribution < 1.29 is 9.90 Å². The van der Waals surface area contributed by atoms with Gasteiger partial charge in [-0.3, -0.25) is 4.79 Å². The highest BCUT2D eigenvalue weighted by Crippen LogP contribution is 2.29. The maximum atomic E-state index is 11.8. The molecule has 0 unspecified atom stereocenters. The average molecular weight is 363 g/mol. The number of aromatic hydroxyl groups is 1. The zero-order chi connectivity index (χ0) is 19.8. The highest BCUT2D eigenvalue weighted by molar-refractivity contribution is 5.97. The quantitative estimate of drug-likeness (QED) is 0.434. The molecule has 2 nitrogen and oxygen atoms in total. The maximum absolute atomic E-state index is 11.8. The minimum atomic E-state index is -0.107. The molecule has 142 valence electrons. The minimum absolute atomic E-state index is 0.107. The van der Waals surface area contributed by atoms with Crippen LogP contribution in [0.3, 0.4) is 0 Å². The number of phenols is 1. The molecule has 0 saturated heterocycles. The Hall–Kier alpha value is -2.61. The van der Waals surface area contributed by atoms with Crippen LogP contribution in [0.4, 0.5) is 0 Å². The number of Topliss-reactive ketones (excluding diaryl/α,β-unsaturated/α-hetero) is 1. The van der Waals surface area contributed by atoms with E-state index in [-0.39, 0.29) is 11.5 Å². The van der Waals surface area contributed by atoms with Gasteiger partial charge in [0.25, 0.3) is 0 Å². The van der Waals surface area contributed by atoms with Gasteiger partial charge >= 0.3 is 0 Å². The monoisotopic (exact) mass is 362 g/mol. The third kappa shape index (κ3) is 6.25. The number of carbonyl (C=O) groups is 1. The van der Waals surface area contributed by atoms with Gasteiger partial charge in [-0.2, -0.15) is 0 Å². The molecule has 2 aromatic carbocycles. The van der Waals surface area contributed by atoms with Gasteiger partial charge in [0.05, 0.1) is 5.56 Å². The lowest BCUT2D eigenvalue weighted by atomic mass is 9.93. The SMILES string of the molecule is CC(=O)c1ccc(Cc2ccccc2)c(C/C=C(\C)CCC=C(C)C)c1O. The lowest BCUT2D eigenvalue weighted by Crippen LogP contribution is -2.01. The van der Waals surface area contributed by atoms with Crippen molar-refractivity contribution in [2.24, 2.45) is 0 Å². The number of benzene rings is 2. The number of hydrogen-bond acceptors (Lipinski definition) is 2. The third-order valence-corrected chi connectivity index (χ3v) is 4.74. The molecule has 1 N–H and O–H groups in total. The maximum Gasteiger partial charge on any atom is 0.163 e. The summed E-state index contributed by atoms with van der Waals surface area (Å²) < 4.78 is 0. The van der Waals surface area contributed by atoms with Crippen molar-refractivity contribution in [2.45, 2.75) is 53.4 Å². The molecule has 2 rings (SSSR count). The van der Waals surface area contributed by atoms with E-state index in [1.54, 1.807) is 6.07 Å². The van der Waals surface area contributed by atoms with E-state index in [2.05, 4.69) is 45.1 Å². The van der Waals surface area contributed by atoms with Gasteiger partial charge in [-0.25, -0.2) is 0 Å². The summed E-state index contributed by atoms with van der Waals surface area (Å²) in [5.41, 5.74) is 6.14. The Morgan fingerprint density at radius 1 is 0.963 bits per heavy atom. The Morgan fingerprint density at radius 2 is 1.67 bits per heavy atom. The molecule has 0 aliphatic rings. The van der Waals surface area contributed by atoms with Crippen molar-refractivity contribution in [3.63, 3.8) is 0 Å². The van der Waals surface area contributed by atoms with E-state index >= 15 is 0 Å². The fourth-order valence-corrected chi connectivity index (χ4v) is 3.14. The van der Waals surface area contributed by atoms with E-state index in [9.17, 15) is 9.90 Å². The second kappa shape index (κ2) is 9.91. The molecule has 0 amide bonds. The molecule has 0 fully saturated rings. The molecular formula is C25H30O2. The van der Waals surface area contributed by atoms with Gasteiger partial charge in [0, 0.05) is 5.56 Å². The van der Waals surface area contributed by atoms with Crippen LogP contribution >= 0.6 is 0 Å². The second-order valence-electron chi connectivity index (χ2n) is 7.39. The first-order valence-electron chi connectivity index (χ1n) is 9.56. The molecule has 2 heteroatoms. The Morgan fingerprint density at radius 3 is 2.30 bits per heavy atom. The number of allylic oxidation sites excluding steroid dienone is 4. The van der Waals surface area contributed by atoms with Crippen LogP contribution < -0.4 is 0 Å². The number of rotatable bonds is 8. The predicted octanol–water partition coefficient (Wildman–Crippen LogP) is 6.42. The molecule has 0 saturated carbocycles. The standard InChI is InChI=1S/C25H30O2/c1-18(2)9-8-10-19(3)13-15-24-22(17-21-11-6-5-7-12-21)14-16-23(20(4)26)25(24)27/h5-7,9,11-14,16,27H,8,10,15,17H2,1-4H3/b19-13+. The number of carbonyl (C=O) groups excluding carboxylic acids is 1. The summed E-state index contributed by atoms with van der Waals surface area (Å²) in [6.45, 7) is 7.85. The van der Waals surface area contributed by atoms with E-state index in [0.717, 1.165) is 30.4 Å². The Kier molecular flexibility index (Phi) is 7.60. The molecule has 2 aromatic rings. The molecule has 0 heterocycles. The third-order valence-electron chi connectivity index (χ3n) is 4.74. The summed E-state index contributed by atoms with van der Waals surface area (Å²) in [6.07, 6.45) is 7.83. The number of phenolic OH excluding ortho intramolecular Hbond substituents is 1. The van der Waals surface area contributed by atoms with Crippen molar-refractivity contribution in [1.29, 1.82) is 0 Å². The van der Waals surface area contributed by atoms with E-state index < -0.39 is 0 Å². The zero-order valence-corrected chi connectivity index (χ0v) is 16.9. The Balaban J connectivity index is 2.29. The van der Waals surface area contributed by atoms with Crippen LogP contribution in [0.5, 0.6) is 5.75 Å². The van der Waals surface area contributed by atoms with Crippen LogP contribution in [-0.2, 0) is 12.8 Å². The normalized spacial score (nSPS) is 11.3. The van der Waals surface area contributed by atoms with Gasteiger partial charge in [0.1, 0.15) is 5.75 Å². The van der Waals surface area contributed by atoms with E-state index in [4.69, 9.17) is 0 Å². The Bertz CT molecular complexity index is 838. The molecule has 0 aliphatic carbocycles. The summed E-state index contributed by atoms with van der Waals surface area (Å²) in [7, 11) is 0. The van der Waals surface area contributed by atoms with E-state index in [0.29, 0.717) is 12.0 Å².